The molecule has 0 bridgehead atoms. The number of amides is 1. The quantitative estimate of drug-likeness (QED) is 0.423. The average molecular weight is 472 g/mol. The van der Waals surface area contributed by atoms with Gasteiger partial charge in [0.2, 0.25) is 0 Å². The van der Waals surface area contributed by atoms with Crippen LogP contribution in [0.1, 0.15) is 21.6 Å². The Labute approximate surface area is 204 Å². The fraction of sp³-hybridized carbons (Fsp3) is 0.296. The monoisotopic (exact) mass is 471 g/mol. The van der Waals surface area contributed by atoms with E-state index >= 15 is 0 Å². The number of morpholine rings is 1. The van der Waals surface area contributed by atoms with E-state index in [2.05, 4.69) is 15.2 Å². The van der Waals surface area contributed by atoms with Gasteiger partial charge in [0.1, 0.15) is 11.3 Å². The Morgan fingerprint density at radius 1 is 1.00 bits per heavy atom. The van der Waals surface area contributed by atoms with Crippen LogP contribution in [0.25, 0.3) is 10.9 Å². The van der Waals surface area contributed by atoms with Crippen LogP contribution in [0.4, 0.5) is 5.69 Å². The lowest BCUT2D eigenvalue weighted by molar-refractivity contribution is 0.0361. The first-order valence-corrected chi connectivity index (χ1v) is 11.8. The zero-order valence-electron chi connectivity index (χ0n) is 19.8. The van der Waals surface area contributed by atoms with Crippen molar-refractivity contribution in [2.75, 3.05) is 45.3 Å². The number of methoxy groups -OCH3 is 1. The van der Waals surface area contributed by atoms with Gasteiger partial charge in [-0.05, 0) is 47.9 Å². The van der Waals surface area contributed by atoms with Crippen molar-refractivity contribution in [3.8, 4) is 5.75 Å². The van der Waals surface area contributed by atoms with Gasteiger partial charge in [-0.15, -0.1) is 0 Å². The molecule has 180 valence electrons. The van der Waals surface area contributed by atoms with Crippen molar-refractivity contribution in [1.82, 2.24) is 19.7 Å². The predicted octanol–water partition coefficient (Wildman–Crippen LogP) is 3.62. The summed E-state index contributed by atoms with van der Waals surface area (Å²) in [5.41, 5.74) is 4.31. The van der Waals surface area contributed by atoms with Gasteiger partial charge in [0.05, 0.1) is 26.9 Å². The van der Waals surface area contributed by atoms with Crippen molar-refractivity contribution in [3.05, 3.63) is 83.8 Å². The summed E-state index contributed by atoms with van der Waals surface area (Å²) in [6, 6.07) is 17.6. The van der Waals surface area contributed by atoms with Gasteiger partial charge in [-0.25, -0.2) is 0 Å². The van der Waals surface area contributed by atoms with E-state index in [0.29, 0.717) is 18.0 Å². The third kappa shape index (κ3) is 5.34. The highest BCUT2D eigenvalue weighted by Gasteiger charge is 2.21. The summed E-state index contributed by atoms with van der Waals surface area (Å²) in [5, 5.41) is 8.49. The van der Waals surface area contributed by atoms with E-state index in [4.69, 9.17) is 14.6 Å². The maximum absolute atomic E-state index is 13.3. The molecule has 1 aliphatic rings. The number of carbonyl (C=O) groups is 1. The molecule has 1 N–H and O–H groups in total. The van der Waals surface area contributed by atoms with Crippen molar-refractivity contribution in [2.45, 2.75) is 13.0 Å². The topological polar surface area (TPSA) is 81.5 Å². The summed E-state index contributed by atoms with van der Waals surface area (Å²) in [6.45, 7) is 4.80. The molecule has 0 radical (unpaired) electrons. The van der Waals surface area contributed by atoms with E-state index in [9.17, 15) is 4.79 Å². The Bertz CT molecular complexity index is 1280. The van der Waals surface area contributed by atoms with Crippen molar-refractivity contribution in [1.29, 1.82) is 0 Å². The molecule has 2 aromatic carbocycles. The second-order valence-corrected chi connectivity index (χ2v) is 8.57. The third-order valence-electron chi connectivity index (χ3n) is 6.27. The van der Waals surface area contributed by atoms with E-state index in [1.165, 1.54) is 5.56 Å². The predicted molar refractivity (Wildman–Crippen MR) is 135 cm³/mol. The van der Waals surface area contributed by atoms with E-state index < -0.39 is 0 Å². The molecular weight excluding hydrogens is 442 g/mol. The van der Waals surface area contributed by atoms with Gasteiger partial charge in [-0.3, -0.25) is 19.4 Å². The zero-order chi connectivity index (χ0) is 24.0. The molecule has 0 aliphatic carbocycles. The Morgan fingerprint density at radius 2 is 1.74 bits per heavy atom. The number of aromatic nitrogens is 3. The van der Waals surface area contributed by atoms with Crippen molar-refractivity contribution in [2.24, 2.45) is 0 Å². The standard InChI is InChI=1S/C27H29N5O3/c1-34-24-4-2-3-23-25(30-32(26(23)24)14-13-31-15-17-35-18-16-31)27(33)29-22-7-5-20(6-8-22)19-21-9-11-28-12-10-21/h2-12H,13-19H2,1H3,(H,29,33). The van der Waals surface area contributed by atoms with Gasteiger partial charge in [0.25, 0.3) is 5.91 Å². The number of nitrogens with zero attached hydrogens (tertiary/aromatic N) is 4. The third-order valence-corrected chi connectivity index (χ3v) is 6.27. The number of hydrogen-bond donors (Lipinski definition) is 1. The number of ether oxygens (including phenoxy) is 2. The molecule has 0 saturated carbocycles. The molecule has 4 aromatic rings. The molecule has 0 unspecified atom stereocenters. The molecule has 8 nitrogen and oxygen atoms in total. The number of anilines is 1. The van der Waals surface area contributed by atoms with Crippen LogP contribution in [0, 0.1) is 0 Å². The van der Waals surface area contributed by atoms with Gasteiger partial charge in [0, 0.05) is 43.1 Å². The molecular formula is C27H29N5O3. The van der Waals surface area contributed by atoms with E-state index in [1.54, 1.807) is 19.5 Å². The molecule has 2 aromatic heterocycles. The lowest BCUT2D eigenvalue weighted by Gasteiger charge is -2.26. The van der Waals surface area contributed by atoms with E-state index in [0.717, 1.165) is 61.4 Å². The second-order valence-electron chi connectivity index (χ2n) is 8.57. The van der Waals surface area contributed by atoms with Crippen LogP contribution in [-0.2, 0) is 17.7 Å². The normalized spacial score (nSPS) is 14.2. The highest BCUT2D eigenvalue weighted by Crippen LogP contribution is 2.28. The summed E-state index contributed by atoms with van der Waals surface area (Å²) < 4.78 is 12.9. The first-order valence-electron chi connectivity index (χ1n) is 11.8. The van der Waals surface area contributed by atoms with Gasteiger partial charge in [-0.1, -0.05) is 24.3 Å². The van der Waals surface area contributed by atoms with Crippen LogP contribution < -0.4 is 10.1 Å². The van der Waals surface area contributed by atoms with Crippen LogP contribution in [-0.4, -0.2) is 65.5 Å². The highest BCUT2D eigenvalue weighted by molar-refractivity contribution is 6.12. The van der Waals surface area contributed by atoms with Crippen LogP contribution in [0.15, 0.2) is 67.0 Å². The van der Waals surface area contributed by atoms with Crippen molar-refractivity contribution < 1.29 is 14.3 Å². The Hall–Kier alpha value is -3.75. The van der Waals surface area contributed by atoms with Crippen LogP contribution in [0.3, 0.4) is 0 Å². The van der Waals surface area contributed by atoms with Crippen molar-refractivity contribution >= 4 is 22.5 Å². The lowest BCUT2D eigenvalue weighted by atomic mass is 10.1. The summed E-state index contributed by atoms with van der Waals surface area (Å²) >= 11 is 0. The van der Waals surface area contributed by atoms with Gasteiger partial charge in [-0.2, -0.15) is 5.10 Å². The van der Waals surface area contributed by atoms with Crippen LogP contribution in [0.2, 0.25) is 0 Å². The smallest absolute Gasteiger partial charge is 0.276 e. The molecule has 0 atom stereocenters. The second kappa shape index (κ2) is 10.7. The van der Waals surface area contributed by atoms with Crippen LogP contribution >= 0.6 is 0 Å². The highest BCUT2D eigenvalue weighted by atomic mass is 16.5. The van der Waals surface area contributed by atoms with Gasteiger partial charge >= 0.3 is 0 Å². The fourth-order valence-electron chi connectivity index (χ4n) is 4.39. The number of rotatable bonds is 8. The van der Waals surface area contributed by atoms with E-state index in [-0.39, 0.29) is 5.91 Å². The Morgan fingerprint density at radius 3 is 2.49 bits per heavy atom. The zero-order valence-corrected chi connectivity index (χ0v) is 19.8. The SMILES string of the molecule is COc1cccc2c(C(=O)Nc3ccc(Cc4ccncc4)cc3)nn(CCN3CCOCC3)c12. The van der Waals surface area contributed by atoms with Crippen molar-refractivity contribution in [3.63, 3.8) is 0 Å². The largest absolute Gasteiger partial charge is 0.494 e. The van der Waals surface area contributed by atoms with Gasteiger partial charge < -0.3 is 14.8 Å². The number of pyridine rings is 1. The maximum atomic E-state index is 13.3. The maximum Gasteiger partial charge on any atom is 0.276 e. The number of benzene rings is 2. The molecule has 1 aliphatic heterocycles. The number of hydrogen-bond acceptors (Lipinski definition) is 6. The first kappa shape index (κ1) is 23.0. The molecule has 35 heavy (non-hydrogen) atoms. The molecule has 8 heteroatoms. The lowest BCUT2D eigenvalue weighted by Crippen LogP contribution is -2.38. The average Bonchev–Trinajstić information content (AvgIpc) is 3.29. The molecule has 1 saturated heterocycles. The minimum atomic E-state index is -0.241. The summed E-state index contributed by atoms with van der Waals surface area (Å²) in [5.74, 6) is 0.465. The number of para-hydroxylation sites is 1. The fourth-order valence-corrected chi connectivity index (χ4v) is 4.39. The molecule has 3 heterocycles. The summed E-state index contributed by atoms with van der Waals surface area (Å²) in [4.78, 5) is 19.7. The molecule has 0 spiro atoms. The molecule has 1 amide bonds. The number of carbonyl (C=O) groups excluding carboxylic acids is 1. The van der Waals surface area contributed by atoms with Crippen LogP contribution in [0.5, 0.6) is 5.75 Å². The first-order chi connectivity index (χ1) is 17.2. The minimum absolute atomic E-state index is 0.241. The summed E-state index contributed by atoms with van der Waals surface area (Å²) in [7, 11) is 1.64. The van der Waals surface area contributed by atoms with E-state index in [1.807, 2.05) is 59.3 Å². The number of nitrogens with one attached hydrogen (secondary N) is 1. The van der Waals surface area contributed by atoms with Gasteiger partial charge in [0.15, 0.2) is 5.69 Å². The summed E-state index contributed by atoms with van der Waals surface area (Å²) in [6.07, 6.45) is 4.40. The minimum Gasteiger partial charge on any atom is -0.494 e. The molecule has 5 rings (SSSR count). The Balaban J connectivity index is 1.34. The number of fused-ring (bicyclic) bond motifs is 1. The molecule has 1 fully saturated rings. The Kier molecular flexibility index (Phi) is 7.02.